The number of hydrogen-bond acceptors (Lipinski definition) is 6. The zero-order valence-corrected chi connectivity index (χ0v) is 13.5. The van der Waals surface area contributed by atoms with Crippen LogP contribution in [-0.2, 0) is 11.8 Å². The second-order valence-electron chi connectivity index (χ2n) is 5.48. The summed E-state index contributed by atoms with van der Waals surface area (Å²) in [5.74, 6) is 0.368. The minimum Gasteiger partial charge on any atom is -0.368 e. The number of amides is 1. The van der Waals surface area contributed by atoms with Gasteiger partial charge >= 0.3 is 0 Å². The van der Waals surface area contributed by atoms with Crippen molar-refractivity contribution in [2.24, 2.45) is 12.8 Å². The highest BCUT2D eigenvalue weighted by Crippen LogP contribution is 2.24. The van der Waals surface area contributed by atoms with Gasteiger partial charge in [0.05, 0.1) is 0 Å². The molecule has 1 aliphatic rings. The number of aryl methyl sites for hydroxylation is 1. The Morgan fingerprint density at radius 2 is 1.87 bits per heavy atom. The monoisotopic (exact) mass is 335 g/mol. The Morgan fingerprint density at radius 1 is 1.22 bits per heavy atom. The molecular formula is C14H18ClN7O. The van der Waals surface area contributed by atoms with Crippen LogP contribution in [0.1, 0.15) is 11.6 Å². The molecule has 1 amide bonds. The summed E-state index contributed by atoms with van der Waals surface area (Å²) in [5, 5.41) is 12.2. The van der Waals surface area contributed by atoms with Gasteiger partial charge in [-0.2, -0.15) is 0 Å². The first-order valence-electron chi connectivity index (χ1n) is 7.32. The van der Waals surface area contributed by atoms with Crippen molar-refractivity contribution in [1.82, 2.24) is 25.1 Å². The van der Waals surface area contributed by atoms with Crippen molar-refractivity contribution in [3.8, 4) is 0 Å². The maximum Gasteiger partial charge on any atom is 0.245 e. The van der Waals surface area contributed by atoms with Crippen LogP contribution in [0, 0.1) is 0 Å². The maximum atomic E-state index is 11.9. The molecular weight excluding hydrogens is 318 g/mol. The van der Waals surface area contributed by atoms with Gasteiger partial charge in [-0.05, 0) is 28.1 Å². The van der Waals surface area contributed by atoms with E-state index in [0.29, 0.717) is 18.1 Å². The van der Waals surface area contributed by atoms with Gasteiger partial charge in [-0.15, -0.1) is 0 Å². The average molecular weight is 336 g/mol. The van der Waals surface area contributed by atoms with Gasteiger partial charge in [0.15, 0.2) is 0 Å². The van der Waals surface area contributed by atoms with E-state index in [-0.39, 0.29) is 5.91 Å². The number of primary amides is 1. The predicted octanol–water partition coefficient (Wildman–Crippen LogP) is 0.212. The second kappa shape index (κ2) is 6.51. The number of benzene rings is 1. The molecule has 0 spiro atoms. The molecule has 0 saturated carbocycles. The van der Waals surface area contributed by atoms with E-state index in [4.69, 9.17) is 17.3 Å². The van der Waals surface area contributed by atoms with Gasteiger partial charge in [-0.25, -0.2) is 4.68 Å². The molecule has 23 heavy (non-hydrogen) atoms. The number of halogens is 1. The molecule has 2 heterocycles. The van der Waals surface area contributed by atoms with Crippen LogP contribution in [0.2, 0.25) is 5.02 Å². The Balaban J connectivity index is 1.72. The lowest BCUT2D eigenvalue weighted by Gasteiger charge is -2.38. The predicted molar refractivity (Wildman–Crippen MR) is 86.0 cm³/mol. The minimum absolute atomic E-state index is 0.360. The van der Waals surface area contributed by atoms with E-state index < -0.39 is 6.04 Å². The average Bonchev–Trinajstić information content (AvgIpc) is 2.96. The quantitative estimate of drug-likeness (QED) is 0.858. The van der Waals surface area contributed by atoms with Crippen LogP contribution in [0.15, 0.2) is 24.3 Å². The number of piperazine rings is 1. The smallest absolute Gasteiger partial charge is 0.245 e. The van der Waals surface area contributed by atoms with Crippen molar-refractivity contribution in [3.05, 3.63) is 34.9 Å². The number of nitrogens with two attached hydrogens (primary N) is 1. The van der Waals surface area contributed by atoms with Gasteiger partial charge in [0.2, 0.25) is 11.9 Å². The number of aromatic nitrogens is 4. The van der Waals surface area contributed by atoms with E-state index in [1.54, 1.807) is 16.8 Å². The molecule has 2 aromatic rings. The molecule has 9 heteroatoms. The van der Waals surface area contributed by atoms with Crippen LogP contribution in [0.3, 0.4) is 0 Å². The van der Waals surface area contributed by atoms with Crippen molar-refractivity contribution in [2.75, 3.05) is 31.1 Å². The molecule has 1 atom stereocenters. The lowest BCUT2D eigenvalue weighted by molar-refractivity contribution is -0.123. The zero-order chi connectivity index (χ0) is 16.4. The molecule has 0 bridgehead atoms. The fourth-order valence-corrected chi connectivity index (χ4v) is 3.00. The highest BCUT2D eigenvalue weighted by molar-refractivity contribution is 6.30. The van der Waals surface area contributed by atoms with Crippen molar-refractivity contribution >= 4 is 23.5 Å². The molecule has 2 N–H and O–H groups in total. The normalized spacial score (nSPS) is 17.2. The number of nitrogens with zero attached hydrogens (tertiary/aromatic N) is 6. The Bertz CT molecular complexity index is 679. The molecule has 3 rings (SSSR count). The van der Waals surface area contributed by atoms with Gasteiger partial charge < -0.3 is 10.6 Å². The van der Waals surface area contributed by atoms with Gasteiger partial charge in [-0.3, -0.25) is 9.69 Å². The number of carbonyl (C=O) groups excluding carboxylic acids is 1. The molecule has 122 valence electrons. The van der Waals surface area contributed by atoms with Crippen LogP contribution in [0.4, 0.5) is 5.95 Å². The van der Waals surface area contributed by atoms with Crippen molar-refractivity contribution in [3.63, 3.8) is 0 Å². The third kappa shape index (κ3) is 3.27. The van der Waals surface area contributed by atoms with Crippen LogP contribution in [0.25, 0.3) is 0 Å². The standard InChI is InChI=1S/C14H18ClN7O/c1-20-14(17-18-19-20)22-8-6-21(7-9-22)12(13(16)23)10-2-4-11(15)5-3-10/h2-5,12H,6-9H2,1H3,(H2,16,23). The van der Waals surface area contributed by atoms with Gasteiger partial charge in [0, 0.05) is 38.2 Å². The Hall–Kier alpha value is -2.19. The van der Waals surface area contributed by atoms with E-state index in [1.165, 1.54) is 0 Å². The molecule has 8 nitrogen and oxygen atoms in total. The van der Waals surface area contributed by atoms with Crippen molar-refractivity contribution in [1.29, 1.82) is 0 Å². The topological polar surface area (TPSA) is 93.2 Å². The molecule has 0 radical (unpaired) electrons. The molecule has 1 aliphatic heterocycles. The van der Waals surface area contributed by atoms with Gasteiger partial charge in [0.25, 0.3) is 0 Å². The molecule has 1 fully saturated rings. The highest BCUT2D eigenvalue weighted by atomic mass is 35.5. The molecule has 1 saturated heterocycles. The van der Waals surface area contributed by atoms with Gasteiger partial charge in [0.1, 0.15) is 6.04 Å². The van der Waals surface area contributed by atoms with E-state index in [9.17, 15) is 4.79 Å². The summed E-state index contributed by atoms with van der Waals surface area (Å²) in [4.78, 5) is 16.1. The summed E-state index contributed by atoms with van der Waals surface area (Å²) in [5.41, 5.74) is 6.48. The Kier molecular flexibility index (Phi) is 4.44. The molecule has 0 aliphatic carbocycles. The lowest BCUT2D eigenvalue weighted by Crippen LogP contribution is -2.51. The van der Waals surface area contributed by atoms with Gasteiger partial charge in [-0.1, -0.05) is 28.8 Å². The lowest BCUT2D eigenvalue weighted by atomic mass is 10.0. The summed E-state index contributed by atoms with van der Waals surface area (Å²) >= 11 is 5.92. The summed E-state index contributed by atoms with van der Waals surface area (Å²) in [6.07, 6.45) is 0. The van der Waals surface area contributed by atoms with E-state index in [1.807, 2.05) is 19.2 Å². The summed E-state index contributed by atoms with van der Waals surface area (Å²) in [7, 11) is 1.81. The fourth-order valence-electron chi connectivity index (χ4n) is 2.87. The first-order valence-corrected chi connectivity index (χ1v) is 7.70. The Labute approximate surface area is 138 Å². The summed E-state index contributed by atoms with van der Waals surface area (Å²) in [6, 6.07) is 6.78. The van der Waals surface area contributed by atoms with Crippen LogP contribution >= 0.6 is 11.6 Å². The third-order valence-corrected chi connectivity index (χ3v) is 4.27. The molecule has 1 aromatic carbocycles. The van der Waals surface area contributed by atoms with Crippen LogP contribution < -0.4 is 10.6 Å². The van der Waals surface area contributed by atoms with Crippen molar-refractivity contribution < 1.29 is 4.79 Å². The maximum absolute atomic E-state index is 11.9. The van der Waals surface area contributed by atoms with Crippen molar-refractivity contribution in [2.45, 2.75) is 6.04 Å². The third-order valence-electron chi connectivity index (χ3n) is 4.02. The SMILES string of the molecule is Cn1nnnc1N1CCN(C(C(N)=O)c2ccc(Cl)cc2)CC1. The number of tetrazole rings is 1. The highest BCUT2D eigenvalue weighted by Gasteiger charge is 2.30. The van der Waals surface area contributed by atoms with E-state index >= 15 is 0 Å². The second-order valence-corrected chi connectivity index (χ2v) is 5.92. The van der Waals surface area contributed by atoms with Crippen LogP contribution in [-0.4, -0.2) is 57.2 Å². The molecule has 1 unspecified atom stereocenters. The Morgan fingerprint density at radius 3 is 2.39 bits per heavy atom. The summed E-state index contributed by atoms with van der Waals surface area (Å²) < 4.78 is 1.64. The summed E-state index contributed by atoms with van der Waals surface area (Å²) in [6.45, 7) is 2.85. The zero-order valence-electron chi connectivity index (χ0n) is 12.8. The number of carbonyl (C=O) groups is 1. The minimum atomic E-state index is -0.452. The van der Waals surface area contributed by atoms with Crippen LogP contribution in [0.5, 0.6) is 0 Å². The largest absolute Gasteiger partial charge is 0.368 e. The van der Waals surface area contributed by atoms with E-state index in [0.717, 1.165) is 24.6 Å². The van der Waals surface area contributed by atoms with E-state index in [2.05, 4.69) is 25.3 Å². The number of rotatable bonds is 4. The fraction of sp³-hybridized carbons (Fsp3) is 0.429. The first kappa shape index (κ1) is 15.7. The first-order chi connectivity index (χ1) is 11.1. The molecule has 1 aromatic heterocycles. The number of hydrogen-bond donors (Lipinski definition) is 1. The number of anilines is 1.